The van der Waals surface area contributed by atoms with Crippen LogP contribution >= 0.6 is 15.9 Å². The van der Waals surface area contributed by atoms with Gasteiger partial charge in [0, 0.05) is 28.6 Å². The Balaban J connectivity index is 1.79. The number of halogens is 1. The molecule has 1 fully saturated rings. The van der Waals surface area contributed by atoms with E-state index in [0.29, 0.717) is 6.17 Å². The van der Waals surface area contributed by atoms with Gasteiger partial charge in [0.1, 0.15) is 0 Å². The van der Waals surface area contributed by atoms with E-state index < -0.39 is 0 Å². The van der Waals surface area contributed by atoms with Crippen LogP contribution in [0.5, 0.6) is 0 Å². The van der Waals surface area contributed by atoms with Crippen LogP contribution in [0.25, 0.3) is 5.70 Å². The molecule has 0 amide bonds. The van der Waals surface area contributed by atoms with Crippen molar-refractivity contribution in [2.45, 2.75) is 25.9 Å². The van der Waals surface area contributed by atoms with E-state index in [1.54, 1.807) is 0 Å². The van der Waals surface area contributed by atoms with Crippen LogP contribution in [-0.2, 0) is 0 Å². The zero-order chi connectivity index (χ0) is 16.0. The quantitative estimate of drug-likeness (QED) is 0.662. The molecule has 1 unspecified atom stereocenters. The second-order valence-corrected chi connectivity index (χ2v) is 7.79. The molecule has 0 aromatic heterocycles. The molecule has 4 rings (SSSR count). The number of fused-ring (bicyclic) bond motifs is 1. The Labute approximate surface area is 146 Å². The Kier molecular flexibility index (Phi) is 3.58. The smallest absolute Gasteiger partial charge is 0.173 e. The third-order valence-corrected chi connectivity index (χ3v) is 5.88. The summed E-state index contributed by atoms with van der Waals surface area (Å²) in [5, 5.41) is 0. The summed E-state index contributed by atoms with van der Waals surface area (Å²) in [6.07, 6.45) is 5.43. The minimum atomic E-state index is 0.521. The summed E-state index contributed by atoms with van der Waals surface area (Å²) in [5.74, 6) is 0. The molecule has 0 bridgehead atoms. The molecule has 2 atom stereocenters. The Hall–Kier alpha value is -1.58. The predicted octanol–water partition coefficient (Wildman–Crippen LogP) is 5.14. The SMILES string of the molecule is Cc1ccc(C2=CN(c3ccc(Br)cc3)[C@H]3CCC[N+]23C)cc1. The van der Waals surface area contributed by atoms with Gasteiger partial charge in [-0.15, -0.1) is 0 Å². The van der Waals surface area contributed by atoms with E-state index in [2.05, 4.69) is 89.5 Å². The molecule has 0 spiro atoms. The van der Waals surface area contributed by atoms with Crippen LogP contribution in [0, 0.1) is 6.92 Å². The highest BCUT2D eigenvalue weighted by Crippen LogP contribution is 2.44. The lowest BCUT2D eigenvalue weighted by Crippen LogP contribution is -2.48. The highest BCUT2D eigenvalue weighted by Gasteiger charge is 2.50. The molecule has 3 heteroatoms. The summed E-state index contributed by atoms with van der Waals surface area (Å²) in [7, 11) is 2.39. The molecule has 0 radical (unpaired) electrons. The number of hydrogen-bond donors (Lipinski definition) is 0. The van der Waals surface area contributed by atoms with Crippen LogP contribution in [-0.4, -0.2) is 24.2 Å². The molecule has 2 aliphatic heterocycles. The third kappa shape index (κ3) is 2.43. The summed E-state index contributed by atoms with van der Waals surface area (Å²) in [5.41, 5.74) is 5.39. The Bertz CT molecular complexity index is 748. The number of aryl methyl sites for hydroxylation is 1. The maximum Gasteiger partial charge on any atom is 0.173 e. The minimum Gasteiger partial charge on any atom is -0.292 e. The average Bonchev–Trinajstić information content (AvgIpc) is 3.05. The van der Waals surface area contributed by atoms with E-state index in [1.165, 1.54) is 41.9 Å². The van der Waals surface area contributed by atoms with Gasteiger partial charge in [-0.2, -0.15) is 0 Å². The molecule has 2 aromatic rings. The van der Waals surface area contributed by atoms with Crippen LogP contribution in [0.2, 0.25) is 0 Å². The van der Waals surface area contributed by atoms with Crippen molar-refractivity contribution < 1.29 is 4.48 Å². The van der Waals surface area contributed by atoms with Gasteiger partial charge in [0.05, 0.1) is 19.8 Å². The van der Waals surface area contributed by atoms with Crippen molar-refractivity contribution in [3.05, 3.63) is 70.3 Å². The number of benzene rings is 2. The maximum absolute atomic E-state index is 3.54. The number of hydrogen-bond acceptors (Lipinski definition) is 1. The molecule has 2 heterocycles. The van der Waals surface area contributed by atoms with Crippen molar-refractivity contribution in [2.24, 2.45) is 0 Å². The molecule has 1 saturated heterocycles. The van der Waals surface area contributed by atoms with Gasteiger partial charge in [0.25, 0.3) is 0 Å². The molecule has 0 aliphatic carbocycles. The van der Waals surface area contributed by atoms with E-state index in [0.717, 1.165) is 8.96 Å². The van der Waals surface area contributed by atoms with Crippen LogP contribution < -0.4 is 4.90 Å². The average molecular weight is 370 g/mol. The second kappa shape index (κ2) is 5.50. The first kappa shape index (κ1) is 15.0. The summed E-state index contributed by atoms with van der Waals surface area (Å²) < 4.78 is 2.16. The van der Waals surface area contributed by atoms with Gasteiger partial charge in [0.2, 0.25) is 0 Å². The Morgan fingerprint density at radius 1 is 1.04 bits per heavy atom. The predicted molar refractivity (Wildman–Crippen MR) is 99.9 cm³/mol. The zero-order valence-corrected chi connectivity index (χ0v) is 15.3. The van der Waals surface area contributed by atoms with Crippen LogP contribution in [0.1, 0.15) is 24.0 Å². The first-order chi connectivity index (χ1) is 11.1. The number of quaternary nitrogens is 1. The normalized spacial score (nSPS) is 26.3. The summed E-state index contributed by atoms with van der Waals surface area (Å²) >= 11 is 3.54. The van der Waals surface area contributed by atoms with E-state index in [1.807, 2.05) is 0 Å². The third-order valence-electron chi connectivity index (χ3n) is 5.35. The lowest BCUT2D eigenvalue weighted by atomic mass is 10.1. The number of rotatable bonds is 2. The largest absolute Gasteiger partial charge is 0.292 e. The standard InChI is InChI=1S/C20H22BrN2/c1-15-5-7-16(8-6-15)19-14-22(18-11-9-17(21)10-12-18)20-4-3-13-23(19,20)2/h5-12,14,20H,3-4,13H2,1-2H3/q+1/t20-,23?/m1/s1. The van der Waals surface area contributed by atoms with Crippen molar-refractivity contribution in [2.75, 3.05) is 18.5 Å². The Morgan fingerprint density at radius 2 is 1.74 bits per heavy atom. The molecule has 0 saturated carbocycles. The molecule has 2 aliphatic rings. The molecule has 118 valence electrons. The summed E-state index contributed by atoms with van der Waals surface area (Å²) in [4.78, 5) is 2.48. The first-order valence-electron chi connectivity index (χ1n) is 8.26. The zero-order valence-electron chi connectivity index (χ0n) is 13.7. The number of anilines is 1. The van der Waals surface area contributed by atoms with E-state index in [4.69, 9.17) is 0 Å². The van der Waals surface area contributed by atoms with Gasteiger partial charge in [0.15, 0.2) is 11.9 Å². The van der Waals surface area contributed by atoms with Crippen molar-refractivity contribution in [1.29, 1.82) is 0 Å². The summed E-state index contributed by atoms with van der Waals surface area (Å²) in [6.45, 7) is 3.37. The van der Waals surface area contributed by atoms with Crippen molar-refractivity contribution in [3.63, 3.8) is 0 Å². The molecule has 2 nitrogen and oxygen atoms in total. The Morgan fingerprint density at radius 3 is 2.43 bits per heavy atom. The molecule has 23 heavy (non-hydrogen) atoms. The fraction of sp³-hybridized carbons (Fsp3) is 0.300. The van der Waals surface area contributed by atoms with Crippen LogP contribution in [0.4, 0.5) is 5.69 Å². The van der Waals surface area contributed by atoms with Crippen LogP contribution in [0.15, 0.2) is 59.2 Å². The topological polar surface area (TPSA) is 3.24 Å². The van der Waals surface area contributed by atoms with E-state index in [-0.39, 0.29) is 0 Å². The lowest BCUT2D eigenvalue weighted by Gasteiger charge is -2.34. The molecular formula is C20H22BrN2+. The van der Waals surface area contributed by atoms with Crippen molar-refractivity contribution >= 4 is 27.3 Å². The van der Waals surface area contributed by atoms with E-state index >= 15 is 0 Å². The van der Waals surface area contributed by atoms with Crippen molar-refractivity contribution in [3.8, 4) is 0 Å². The van der Waals surface area contributed by atoms with Gasteiger partial charge >= 0.3 is 0 Å². The highest BCUT2D eigenvalue weighted by molar-refractivity contribution is 9.10. The van der Waals surface area contributed by atoms with Crippen LogP contribution in [0.3, 0.4) is 0 Å². The molecule has 0 N–H and O–H groups in total. The minimum absolute atomic E-state index is 0.521. The van der Waals surface area contributed by atoms with Gasteiger partial charge in [-0.3, -0.25) is 9.38 Å². The monoisotopic (exact) mass is 369 g/mol. The van der Waals surface area contributed by atoms with Gasteiger partial charge in [-0.1, -0.05) is 33.6 Å². The fourth-order valence-corrected chi connectivity index (χ4v) is 4.30. The second-order valence-electron chi connectivity index (χ2n) is 6.88. The fourth-order valence-electron chi connectivity index (χ4n) is 4.03. The number of nitrogens with zero attached hydrogens (tertiary/aromatic N) is 2. The molecule has 2 aromatic carbocycles. The molecular weight excluding hydrogens is 348 g/mol. The van der Waals surface area contributed by atoms with Crippen molar-refractivity contribution in [1.82, 2.24) is 0 Å². The lowest BCUT2D eigenvalue weighted by molar-refractivity contribution is -0.845. The van der Waals surface area contributed by atoms with Gasteiger partial charge < -0.3 is 0 Å². The summed E-state index contributed by atoms with van der Waals surface area (Å²) in [6, 6.07) is 17.7. The van der Waals surface area contributed by atoms with Gasteiger partial charge in [-0.05, 0) is 43.3 Å². The maximum atomic E-state index is 3.54. The first-order valence-corrected chi connectivity index (χ1v) is 9.06. The highest BCUT2D eigenvalue weighted by atomic mass is 79.9. The van der Waals surface area contributed by atoms with E-state index in [9.17, 15) is 0 Å². The van der Waals surface area contributed by atoms with Gasteiger partial charge in [-0.25, -0.2) is 0 Å².